The molecule has 2 aliphatic heterocycles. The van der Waals surface area contributed by atoms with E-state index in [1.165, 1.54) is 4.57 Å². The number of methoxy groups -OCH3 is 1. The second-order valence-electron chi connectivity index (χ2n) is 11.0. The first-order valence-corrected chi connectivity index (χ1v) is 14.5. The van der Waals surface area contributed by atoms with Crippen molar-refractivity contribution in [2.45, 2.75) is 51.1 Å². The summed E-state index contributed by atoms with van der Waals surface area (Å²) in [6, 6.07) is 21.0. The lowest BCUT2D eigenvalue weighted by atomic mass is 9.87. The molecule has 0 saturated heterocycles. The van der Waals surface area contributed by atoms with Crippen molar-refractivity contribution < 1.29 is 23.5 Å². The number of para-hydroxylation sites is 3. The van der Waals surface area contributed by atoms with Gasteiger partial charge in [-0.05, 0) is 67.1 Å². The monoisotopic (exact) mass is 569 g/mol. The third-order valence-corrected chi connectivity index (χ3v) is 8.41. The molecule has 0 radical (unpaired) electrons. The van der Waals surface area contributed by atoms with Gasteiger partial charge in [-0.1, -0.05) is 36.4 Å². The summed E-state index contributed by atoms with van der Waals surface area (Å²) in [4.78, 5) is 43.1. The summed E-state index contributed by atoms with van der Waals surface area (Å²) in [5.74, 6) is 0.655. The van der Waals surface area contributed by atoms with Crippen LogP contribution in [-0.4, -0.2) is 54.1 Å². The second-order valence-corrected chi connectivity index (χ2v) is 11.0. The minimum atomic E-state index is -0.544. The second kappa shape index (κ2) is 11.8. The van der Waals surface area contributed by atoms with Gasteiger partial charge < -0.3 is 23.7 Å². The summed E-state index contributed by atoms with van der Waals surface area (Å²) < 4.78 is 18.5. The SMILES string of the molecule is COc1ccc2cc1OCCCCN(C(=O)Cn1c(=O)oc3ccccc31)CC[C@@H]1c3ccccc3N(C(C)=O)[C@@H]1C2. The van der Waals surface area contributed by atoms with E-state index in [0.29, 0.717) is 55.1 Å². The number of carbonyl (C=O) groups is 2. The summed E-state index contributed by atoms with van der Waals surface area (Å²) in [5.41, 5.74) is 4.14. The zero-order chi connectivity index (χ0) is 29.2. The van der Waals surface area contributed by atoms with Crippen molar-refractivity contribution in [2.24, 2.45) is 0 Å². The lowest BCUT2D eigenvalue weighted by molar-refractivity contribution is -0.132. The molecular weight excluding hydrogens is 534 g/mol. The van der Waals surface area contributed by atoms with E-state index in [1.807, 2.05) is 52.3 Å². The van der Waals surface area contributed by atoms with Crippen molar-refractivity contribution in [3.63, 3.8) is 0 Å². The van der Waals surface area contributed by atoms with Gasteiger partial charge in [-0.2, -0.15) is 0 Å². The van der Waals surface area contributed by atoms with Gasteiger partial charge in [0, 0.05) is 37.7 Å². The topological polar surface area (TPSA) is 94.2 Å². The van der Waals surface area contributed by atoms with E-state index < -0.39 is 5.76 Å². The fourth-order valence-corrected chi connectivity index (χ4v) is 6.42. The highest BCUT2D eigenvalue weighted by molar-refractivity contribution is 5.95. The van der Waals surface area contributed by atoms with Gasteiger partial charge in [-0.25, -0.2) is 4.79 Å². The van der Waals surface area contributed by atoms with Crippen molar-refractivity contribution in [1.82, 2.24) is 9.47 Å². The van der Waals surface area contributed by atoms with Crippen LogP contribution in [0.4, 0.5) is 5.69 Å². The van der Waals surface area contributed by atoms with Crippen molar-refractivity contribution in [2.75, 3.05) is 31.7 Å². The maximum atomic E-state index is 13.7. The molecule has 2 atom stereocenters. The Morgan fingerprint density at radius 1 is 1.00 bits per heavy atom. The van der Waals surface area contributed by atoms with Crippen LogP contribution in [0.1, 0.15) is 43.2 Å². The molecule has 2 bridgehead atoms. The number of hydrogen-bond acceptors (Lipinski definition) is 6. The minimum Gasteiger partial charge on any atom is -0.493 e. The Hall–Kier alpha value is -4.53. The smallest absolute Gasteiger partial charge is 0.420 e. The van der Waals surface area contributed by atoms with E-state index in [-0.39, 0.29) is 30.3 Å². The van der Waals surface area contributed by atoms with Crippen LogP contribution in [0.15, 0.2) is 75.9 Å². The van der Waals surface area contributed by atoms with Gasteiger partial charge in [0.05, 0.1) is 19.2 Å². The normalized spacial score (nSPS) is 19.0. The first kappa shape index (κ1) is 27.6. The first-order valence-electron chi connectivity index (χ1n) is 14.5. The molecule has 4 aromatic rings. The largest absolute Gasteiger partial charge is 0.493 e. The van der Waals surface area contributed by atoms with E-state index >= 15 is 0 Å². The number of nitrogens with zero attached hydrogens (tertiary/aromatic N) is 3. The summed E-state index contributed by atoms with van der Waals surface area (Å²) in [5, 5.41) is 0. The predicted molar refractivity (Wildman–Crippen MR) is 159 cm³/mol. The Kier molecular flexibility index (Phi) is 7.73. The van der Waals surface area contributed by atoms with Gasteiger partial charge in [0.2, 0.25) is 11.8 Å². The van der Waals surface area contributed by atoms with Gasteiger partial charge in [0.15, 0.2) is 17.1 Å². The molecule has 3 heterocycles. The highest BCUT2D eigenvalue weighted by Crippen LogP contribution is 2.44. The molecule has 0 aliphatic carbocycles. The van der Waals surface area contributed by atoms with Gasteiger partial charge >= 0.3 is 5.76 Å². The van der Waals surface area contributed by atoms with Crippen LogP contribution < -0.4 is 20.1 Å². The molecule has 6 rings (SSSR count). The van der Waals surface area contributed by atoms with Crippen molar-refractivity contribution in [1.29, 1.82) is 0 Å². The molecule has 9 nitrogen and oxygen atoms in total. The Morgan fingerprint density at radius 2 is 1.81 bits per heavy atom. The molecule has 0 unspecified atom stereocenters. The average Bonchev–Trinajstić information content (AvgIpc) is 3.47. The van der Waals surface area contributed by atoms with Crippen LogP contribution in [0.2, 0.25) is 0 Å². The number of hydrogen-bond donors (Lipinski definition) is 0. The molecule has 0 N–H and O–H groups in total. The molecule has 218 valence electrons. The predicted octanol–water partition coefficient (Wildman–Crippen LogP) is 4.76. The molecule has 0 spiro atoms. The zero-order valence-electron chi connectivity index (χ0n) is 24.0. The number of aromatic nitrogens is 1. The summed E-state index contributed by atoms with van der Waals surface area (Å²) in [7, 11) is 1.62. The molecule has 2 amide bonds. The molecule has 0 saturated carbocycles. The third kappa shape index (κ3) is 5.26. The summed E-state index contributed by atoms with van der Waals surface area (Å²) in [6.07, 6.45) is 2.79. The standard InChI is InChI=1S/C33H35N3O6/c1-22(37)36-26-10-4-3-9-24(26)25-15-17-34(32(38)21-35-27-11-5-6-12-29(27)42-33(35)39)16-7-8-18-41-31-20-23(19-28(25)36)13-14-30(31)40-2/h3-6,9-14,20,25,28H,7-8,15-19,21H2,1-2H3/t25-,28-/m1/s1. The minimum absolute atomic E-state index is 0.0137. The van der Waals surface area contributed by atoms with Crippen molar-refractivity contribution >= 4 is 28.6 Å². The van der Waals surface area contributed by atoms with Crippen LogP contribution in [-0.2, 0) is 22.6 Å². The number of anilines is 1. The van der Waals surface area contributed by atoms with Gasteiger partial charge in [-0.15, -0.1) is 0 Å². The van der Waals surface area contributed by atoms with E-state index in [1.54, 1.807) is 32.2 Å². The quantitative estimate of drug-likeness (QED) is 0.353. The van der Waals surface area contributed by atoms with E-state index in [9.17, 15) is 14.4 Å². The number of benzene rings is 3. The van der Waals surface area contributed by atoms with Crippen LogP contribution in [0, 0.1) is 0 Å². The lowest BCUT2D eigenvalue weighted by Gasteiger charge is -2.31. The maximum absolute atomic E-state index is 13.7. The Morgan fingerprint density at radius 3 is 2.64 bits per heavy atom. The maximum Gasteiger partial charge on any atom is 0.420 e. The van der Waals surface area contributed by atoms with E-state index in [0.717, 1.165) is 29.7 Å². The highest BCUT2D eigenvalue weighted by Gasteiger charge is 2.40. The summed E-state index contributed by atoms with van der Waals surface area (Å²) in [6.45, 7) is 3.01. The molecule has 2 aliphatic rings. The van der Waals surface area contributed by atoms with Crippen LogP contribution in [0.5, 0.6) is 11.5 Å². The molecule has 42 heavy (non-hydrogen) atoms. The van der Waals surface area contributed by atoms with Crippen molar-refractivity contribution in [3.05, 3.63) is 88.4 Å². The van der Waals surface area contributed by atoms with Gasteiger partial charge in [0.1, 0.15) is 6.54 Å². The Balaban J connectivity index is 1.33. The summed E-state index contributed by atoms with van der Waals surface area (Å²) >= 11 is 0. The Labute approximate surface area is 244 Å². The number of oxazole rings is 1. The zero-order valence-corrected chi connectivity index (χ0v) is 24.0. The molecule has 9 heteroatoms. The molecule has 1 aromatic heterocycles. The first-order chi connectivity index (χ1) is 20.4. The van der Waals surface area contributed by atoms with Gasteiger partial charge in [0.25, 0.3) is 0 Å². The number of amides is 2. The number of carbonyl (C=O) groups excluding carboxylic acids is 2. The third-order valence-electron chi connectivity index (χ3n) is 8.41. The van der Waals surface area contributed by atoms with Crippen molar-refractivity contribution in [3.8, 4) is 11.5 Å². The number of rotatable bonds is 3. The number of ether oxygens (including phenoxy) is 2. The molecule has 0 fully saturated rings. The van der Waals surface area contributed by atoms with Crippen LogP contribution in [0.3, 0.4) is 0 Å². The number of fused-ring (bicyclic) bond motifs is 6. The highest BCUT2D eigenvalue weighted by atomic mass is 16.5. The van der Waals surface area contributed by atoms with Gasteiger partial charge in [-0.3, -0.25) is 14.2 Å². The fourth-order valence-electron chi connectivity index (χ4n) is 6.42. The average molecular weight is 570 g/mol. The fraction of sp³-hybridized carbons (Fsp3) is 0.364. The molecular formula is C33H35N3O6. The molecule has 3 aromatic carbocycles. The van der Waals surface area contributed by atoms with Crippen LogP contribution in [0.25, 0.3) is 11.1 Å². The van der Waals surface area contributed by atoms with E-state index in [4.69, 9.17) is 13.9 Å². The lowest BCUT2D eigenvalue weighted by Crippen LogP contribution is -2.41. The van der Waals surface area contributed by atoms with Crippen LogP contribution >= 0.6 is 0 Å². The Bertz CT molecular complexity index is 1670. The van der Waals surface area contributed by atoms with E-state index in [2.05, 4.69) is 6.07 Å².